The fourth-order valence-corrected chi connectivity index (χ4v) is 3.69. The lowest BCUT2D eigenvalue weighted by Crippen LogP contribution is -2.15. The molecule has 0 heterocycles. The van der Waals surface area contributed by atoms with E-state index in [2.05, 4.69) is 51.1 Å². The molecule has 1 heteroatoms. The summed E-state index contributed by atoms with van der Waals surface area (Å²) in [6, 6.07) is 11.5. The summed E-state index contributed by atoms with van der Waals surface area (Å²) in [5.74, 6) is 0. The monoisotopic (exact) mass is 279 g/mol. The van der Waals surface area contributed by atoms with Crippen molar-refractivity contribution in [2.75, 3.05) is 0 Å². The molecule has 3 rings (SSSR count). The van der Waals surface area contributed by atoms with E-state index in [4.69, 9.17) is 5.73 Å². The van der Waals surface area contributed by atoms with E-state index in [0.717, 1.165) is 6.42 Å². The molecule has 0 spiro atoms. The molecular formula is C20H25N. The van der Waals surface area contributed by atoms with Crippen LogP contribution in [0.25, 0.3) is 0 Å². The molecular weight excluding hydrogens is 254 g/mol. The quantitative estimate of drug-likeness (QED) is 0.888. The average molecular weight is 279 g/mol. The minimum atomic E-state index is 0.0935. The first-order valence-corrected chi connectivity index (χ1v) is 7.98. The molecule has 0 bridgehead atoms. The van der Waals surface area contributed by atoms with E-state index >= 15 is 0 Å². The highest BCUT2D eigenvalue weighted by atomic mass is 14.6. The maximum Gasteiger partial charge on any atom is 0.0336 e. The summed E-state index contributed by atoms with van der Waals surface area (Å²) in [6.07, 6.45) is 4.68. The molecule has 110 valence electrons. The van der Waals surface area contributed by atoms with Crippen LogP contribution in [-0.2, 0) is 19.3 Å². The standard InChI is InChI=1S/C20H25N/c1-13-9-14(2)19(15(3)10-13)12-20(21)18-8-7-16-5-4-6-17(16)11-18/h7-11,20H,4-6,12,21H2,1-3H3. The Morgan fingerprint density at radius 3 is 2.33 bits per heavy atom. The summed E-state index contributed by atoms with van der Waals surface area (Å²) in [4.78, 5) is 0. The van der Waals surface area contributed by atoms with Crippen molar-refractivity contribution in [3.8, 4) is 0 Å². The first kappa shape index (κ1) is 14.3. The van der Waals surface area contributed by atoms with Gasteiger partial charge in [-0.15, -0.1) is 0 Å². The molecule has 2 aromatic carbocycles. The molecule has 1 unspecified atom stereocenters. The second-order valence-corrected chi connectivity index (χ2v) is 6.57. The average Bonchev–Trinajstić information content (AvgIpc) is 2.89. The minimum Gasteiger partial charge on any atom is -0.324 e. The Labute approximate surface area is 128 Å². The first-order chi connectivity index (χ1) is 10.0. The molecule has 1 aliphatic rings. The van der Waals surface area contributed by atoms with Gasteiger partial charge in [-0.1, -0.05) is 35.9 Å². The number of hydrogen-bond acceptors (Lipinski definition) is 1. The van der Waals surface area contributed by atoms with Crippen LogP contribution in [0, 0.1) is 20.8 Å². The molecule has 21 heavy (non-hydrogen) atoms. The van der Waals surface area contributed by atoms with Gasteiger partial charge in [-0.05, 0) is 79.8 Å². The highest BCUT2D eigenvalue weighted by Crippen LogP contribution is 2.27. The van der Waals surface area contributed by atoms with Crippen molar-refractivity contribution in [3.05, 3.63) is 69.3 Å². The van der Waals surface area contributed by atoms with Gasteiger partial charge in [0.2, 0.25) is 0 Å². The molecule has 0 fully saturated rings. The van der Waals surface area contributed by atoms with Gasteiger partial charge in [0.15, 0.2) is 0 Å². The van der Waals surface area contributed by atoms with Crippen LogP contribution < -0.4 is 5.73 Å². The lowest BCUT2D eigenvalue weighted by Gasteiger charge is -2.17. The summed E-state index contributed by atoms with van der Waals surface area (Å²) in [7, 11) is 0. The Bertz CT molecular complexity index is 647. The largest absolute Gasteiger partial charge is 0.324 e. The van der Waals surface area contributed by atoms with Crippen LogP contribution in [0.15, 0.2) is 30.3 Å². The van der Waals surface area contributed by atoms with Crippen LogP contribution in [0.4, 0.5) is 0 Å². The molecule has 1 atom stereocenters. The fraction of sp³-hybridized carbons (Fsp3) is 0.400. The third kappa shape index (κ3) is 2.89. The molecule has 1 aliphatic carbocycles. The van der Waals surface area contributed by atoms with Crippen LogP contribution in [-0.4, -0.2) is 0 Å². The lowest BCUT2D eigenvalue weighted by atomic mass is 9.91. The Morgan fingerprint density at radius 1 is 0.952 bits per heavy atom. The zero-order chi connectivity index (χ0) is 15.0. The summed E-state index contributed by atoms with van der Waals surface area (Å²) >= 11 is 0. The minimum absolute atomic E-state index is 0.0935. The number of fused-ring (bicyclic) bond motifs is 1. The topological polar surface area (TPSA) is 26.0 Å². The van der Waals surface area contributed by atoms with Gasteiger partial charge in [-0.2, -0.15) is 0 Å². The van der Waals surface area contributed by atoms with Gasteiger partial charge in [-0.25, -0.2) is 0 Å². The van der Waals surface area contributed by atoms with E-state index in [1.165, 1.54) is 58.2 Å². The smallest absolute Gasteiger partial charge is 0.0336 e. The van der Waals surface area contributed by atoms with E-state index in [-0.39, 0.29) is 6.04 Å². The molecule has 1 nitrogen and oxygen atoms in total. The third-order valence-electron chi connectivity index (χ3n) is 4.82. The van der Waals surface area contributed by atoms with Crippen molar-refractivity contribution in [1.82, 2.24) is 0 Å². The summed E-state index contributed by atoms with van der Waals surface area (Å²) in [5.41, 5.74) is 16.3. The Balaban J connectivity index is 1.85. The number of hydrogen-bond donors (Lipinski definition) is 1. The Morgan fingerprint density at radius 2 is 1.62 bits per heavy atom. The van der Waals surface area contributed by atoms with Crippen LogP contribution >= 0.6 is 0 Å². The highest BCUT2D eigenvalue weighted by Gasteiger charge is 2.15. The van der Waals surface area contributed by atoms with Crippen LogP contribution in [0.5, 0.6) is 0 Å². The zero-order valence-corrected chi connectivity index (χ0v) is 13.4. The van der Waals surface area contributed by atoms with Gasteiger partial charge >= 0.3 is 0 Å². The number of benzene rings is 2. The molecule has 2 aromatic rings. The molecule has 0 saturated carbocycles. The predicted molar refractivity (Wildman–Crippen MR) is 89.8 cm³/mol. The van der Waals surface area contributed by atoms with Gasteiger partial charge in [-0.3, -0.25) is 0 Å². The van der Waals surface area contributed by atoms with Crippen LogP contribution in [0.3, 0.4) is 0 Å². The van der Waals surface area contributed by atoms with Gasteiger partial charge in [0.05, 0.1) is 0 Å². The highest BCUT2D eigenvalue weighted by molar-refractivity contribution is 5.40. The molecule has 0 saturated heterocycles. The second kappa shape index (κ2) is 5.65. The number of nitrogens with two attached hydrogens (primary N) is 1. The maximum absolute atomic E-state index is 6.50. The van der Waals surface area contributed by atoms with E-state index in [9.17, 15) is 0 Å². The van der Waals surface area contributed by atoms with Crippen molar-refractivity contribution in [3.63, 3.8) is 0 Å². The second-order valence-electron chi connectivity index (χ2n) is 6.57. The maximum atomic E-state index is 6.50. The first-order valence-electron chi connectivity index (χ1n) is 7.98. The van der Waals surface area contributed by atoms with E-state index in [0.29, 0.717) is 0 Å². The Kier molecular flexibility index (Phi) is 3.86. The summed E-state index contributed by atoms with van der Waals surface area (Å²) in [5, 5.41) is 0. The van der Waals surface area contributed by atoms with E-state index in [1.54, 1.807) is 0 Å². The third-order valence-corrected chi connectivity index (χ3v) is 4.82. The number of rotatable bonds is 3. The number of aryl methyl sites for hydroxylation is 5. The molecule has 0 amide bonds. The van der Waals surface area contributed by atoms with Crippen molar-refractivity contribution >= 4 is 0 Å². The van der Waals surface area contributed by atoms with Gasteiger partial charge in [0, 0.05) is 6.04 Å². The lowest BCUT2D eigenvalue weighted by molar-refractivity contribution is 0.714. The zero-order valence-electron chi connectivity index (χ0n) is 13.4. The molecule has 0 radical (unpaired) electrons. The van der Waals surface area contributed by atoms with E-state index in [1.807, 2.05) is 0 Å². The van der Waals surface area contributed by atoms with Crippen LogP contribution in [0.2, 0.25) is 0 Å². The fourth-order valence-electron chi connectivity index (χ4n) is 3.69. The van der Waals surface area contributed by atoms with Gasteiger partial charge < -0.3 is 5.73 Å². The normalized spacial score (nSPS) is 15.0. The molecule has 0 aliphatic heterocycles. The van der Waals surface area contributed by atoms with Crippen LogP contribution in [0.1, 0.15) is 51.4 Å². The van der Waals surface area contributed by atoms with E-state index < -0.39 is 0 Å². The molecule has 2 N–H and O–H groups in total. The van der Waals surface area contributed by atoms with Crippen molar-refractivity contribution in [2.24, 2.45) is 5.73 Å². The SMILES string of the molecule is Cc1cc(C)c(CC(N)c2ccc3c(c2)CCC3)c(C)c1. The van der Waals surface area contributed by atoms with Crippen molar-refractivity contribution in [1.29, 1.82) is 0 Å². The van der Waals surface area contributed by atoms with Gasteiger partial charge in [0.25, 0.3) is 0 Å². The van der Waals surface area contributed by atoms with Gasteiger partial charge in [0.1, 0.15) is 0 Å². The Hall–Kier alpha value is -1.60. The van der Waals surface area contributed by atoms with Crippen molar-refractivity contribution in [2.45, 2.75) is 52.5 Å². The summed E-state index contributed by atoms with van der Waals surface area (Å²) < 4.78 is 0. The summed E-state index contributed by atoms with van der Waals surface area (Å²) in [6.45, 7) is 6.56. The molecule has 0 aromatic heterocycles. The van der Waals surface area contributed by atoms with Crippen molar-refractivity contribution < 1.29 is 0 Å². The predicted octanol–water partition coefficient (Wildman–Crippen LogP) is 4.34.